The summed E-state index contributed by atoms with van der Waals surface area (Å²) in [6.45, 7) is 0. The van der Waals surface area contributed by atoms with Crippen LogP contribution >= 0.6 is 0 Å². The standard InChI is InChI=1S/C83H53N5/c1-3-23-53(24-4-1)73-52-74(85-83(84-73)54-25-5-2-6-26-54)58-49-70(55-27-21-29-57(47-55)81-68-38-9-7-31-61(68)62-32-8-10-39-69(62)81)82(71(50-58)56-28-22-30-59(48-56)86-75-40-16-11-33-63(75)64-34-12-17-41-76(64)86)88-79-44-20-15-37-67(79)72-51-60(45-46-80(72)88)87-77-42-18-13-35-65(77)66-36-14-19-43-78(66)87/h1-52,81H. The largest absolute Gasteiger partial charge is 0.309 e. The second-order valence-electron chi connectivity index (χ2n) is 23.2. The van der Waals surface area contributed by atoms with E-state index in [0.717, 1.165) is 89.5 Å². The molecule has 4 heterocycles. The molecule has 5 nitrogen and oxygen atoms in total. The number of nitrogens with zero attached hydrogens (tertiary/aromatic N) is 5. The van der Waals surface area contributed by atoms with Gasteiger partial charge in [0, 0.05) is 77.4 Å². The van der Waals surface area contributed by atoms with E-state index in [2.05, 4.69) is 323 Å². The molecule has 0 saturated carbocycles. The van der Waals surface area contributed by atoms with Gasteiger partial charge in [0.1, 0.15) is 0 Å². The minimum Gasteiger partial charge on any atom is -0.309 e. The first-order chi connectivity index (χ1) is 43.7. The molecule has 0 aliphatic heterocycles. The molecule has 0 atom stereocenters. The highest BCUT2D eigenvalue weighted by Crippen LogP contribution is 2.50. The minimum absolute atomic E-state index is 0.0394. The maximum atomic E-state index is 5.57. The fourth-order valence-corrected chi connectivity index (χ4v) is 14.5. The van der Waals surface area contributed by atoms with Crippen LogP contribution in [0.5, 0.6) is 0 Å². The first kappa shape index (κ1) is 49.7. The van der Waals surface area contributed by atoms with Crippen LogP contribution in [0.1, 0.15) is 22.6 Å². The molecule has 4 aromatic heterocycles. The molecule has 0 spiro atoms. The maximum Gasteiger partial charge on any atom is 0.160 e. The van der Waals surface area contributed by atoms with E-state index >= 15 is 0 Å². The third-order valence-corrected chi connectivity index (χ3v) is 18.3. The number of hydrogen-bond acceptors (Lipinski definition) is 2. The van der Waals surface area contributed by atoms with Crippen LogP contribution in [0.3, 0.4) is 0 Å². The average molecular weight is 1120 g/mol. The Morgan fingerprint density at radius 2 is 0.648 bits per heavy atom. The van der Waals surface area contributed by atoms with Gasteiger partial charge in [-0.2, -0.15) is 0 Å². The maximum absolute atomic E-state index is 5.57. The normalized spacial score (nSPS) is 12.3. The highest BCUT2D eigenvalue weighted by molar-refractivity contribution is 6.14. The summed E-state index contributed by atoms with van der Waals surface area (Å²) in [5, 5.41) is 7.25. The number of fused-ring (bicyclic) bond motifs is 12. The molecule has 1 aliphatic rings. The molecule has 18 rings (SSSR count). The Morgan fingerprint density at radius 3 is 1.20 bits per heavy atom. The lowest BCUT2D eigenvalue weighted by atomic mass is 9.86. The van der Waals surface area contributed by atoms with Gasteiger partial charge in [0.2, 0.25) is 0 Å². The van der Waals surface area contributed by atoms with E-state index in [1.54, 1.807) is 0 Å². The Bertz CT molecular complexity index is 5440. The van der Waals surface area contributed by atoms with E-state index in [-0.39, 0.29) is 5.92 Å². The van der Waals surface area contributed by atoms with Gasteiger partial charge in [-0.05, 0) is 118 Å². The van der Waals surface area contributed by atoms with E-state index in [1.165, 1.54) is 71.2 Å². The molecule has 13 aromatic carbocycles. The second kappa shape index (κ2) is 20.0. The zero-order valence-electron chi connectivity index (χ0n) is 47.8. The summed E-state index contributed by atoms with van der Waals surface area (Å²) < 4.78 is 7.42. The Labute approximate surface area is 508 Å². The number of benzene rings is 13. The number of aromatic nitrogens is 5. The quantitative estimate of drug-likeness (QED) is 0.145. The molecule has 1 aliphatic carbocycles. The molecule has 0 amide bonds. The van der Waals surface area contributed by atoms with Crippen molar-refractivity contribution < 1.29 is 0 Å². The monoisotopic (exact) mass is 1120 g/mol. The van der Waals surface area contributed by atoms with Gasteiger partial charge in [-0.1, -0.05) is 237 Å². The van der Waals surface area contributed by atoms with Crippen LogP contribution in [0.25, 0.3) is 150 Å². The Kier molecular flexibility index (Phi) is 11.3. The van der Waals surface area contributed by atoms with Crippen LogP contribution in [0.2, 0.25) is 0 Å². The summed E-state index contributed by atoms with van der Waals surface area (Å²) in [5.74, 6) is 0.706. The van der Waals surface area contributed by atoms with Gasteiger partial charge < -0.3 is 13.7 Å². The lowest BCUT2D eigenvalue weighted by molar-refractivity contribution is 1.02. The predicted molar refractivity (Wildman–Crippen MR) is 365 cm³/mol. The molecule has 0 radical (unpaired) electrons. The van der Waals surface area contributed by atoms with Crippen LogP contribution in [0, 0.1) is 0 Å². The third-order valence-electron chi connectivity index (χ3n) is 18.3. The van der Waals surface area contributed by atoms with Crippen LogP contribution in [-0.4, -0.2) is 23.7 Å². The third kappa shape index (κ3) is 7.81. The first-order valence-electron chi connectivity index (χ1n) is 30.2. The summed E-state index contributed by atoms with van der Waals surface area (Å²) in [5.41, 5.74) is 25.6. The average Bonchev–Trinajstić information content (AvgIpc) is 2.85. The van der Waals surface area contributed by atoms with Gasteiger partial charge in [0.15, 0.2) is 5.82 Å². The fourth-order valence-electron chi connectivity index (χ4n) is 14.5. The van der Waals surface area contributed by atoms with Crippen molar-refractivity contribution >= 4 is 65.4 Å². The SMILES string of the molecule is c1ccc(-c2cc(-c3cc(-c4cccc(C5c6ccccc6-c6ccccc65)c4)c(-n4c5ccccc5c5cc(-n6c7ccccc7c7ccccc76)ccc54)c(-c4cccc(-n5c6ccccc6c6ccccc65)c4)c3)nc(-c3ccccc3)n2)cc1. The van der Waals surface area contributed by atoms with Gasteiger partial charge in [-0.25, -0.2) is 9.97 Å². The van der Waals surface area contributed by atoms with Crippen molar-refractivity contribution in [1.82, 2.24) is 23.7 Å². The summed E-state index contributed by atoms with van der Waals surface area (Å²) in [4.78, 5) is 10.9. The Morgan fingerprint density at radius 1 is 0.239 bits per heavy atom. The molecular formula is C83H53N5. The van der Waals surface area contributed by atoms with Crippen molar-refractivity contribution in [3.05, 3.63) is 332 Å². The van der Waals surface area contributed by atoms with E-state index in [9.17, 15) is 0 Å². The lowest BCUT2D eigenvalue weighted by Crippen LogP contribution is -2.04. The zero-order chi connectivity index (χ0) is 57.8. The molecular weight excluding hydrogens is 1070 g/mol. The molecule has 0 N–H and O–H groups in total. The molecule has 0 unspecified atom stereocenters. The van der Waals surface area contributed by atoms with E-state index in [0.29, 0.717) is 5.82 Å². The van der Waals surface area contributed by atoms with Crippen LogP contribution in [-0.2, 0) is 0 Å². The second-order valence-corrected chi connectivity index (χ2v) is 23.2. The smallest absolute Gasteiger partial charge is 0.160 e. The van der Waals surface area contributed by atoms with Crippen molar-refractivity contribution in [3.8, 4) is 84.3 Å². The van der Waals surface area contributed by atoms with E-state index < -0.39 is 0 Å². The van der Waals surface area contributed by atoms with Gasteiger partial charge in [0.05, 0.1) is 50.2 Å². The summed E-state index contributed by atoms with van der Waals surface area (Å²) >= 11 is 0. The predicted octanol–water partition coefficient (Wildman–Crippen LogP) is 21.3. The van der Waals surface area contributed by atoms with Gasteiger partial charge >= 0.3 is 0 Å². The molecule has 0 saturated heterocycles. The van der Waals surface area contributed by atoms with E-state index in [4.69, 9.17) is 9.97 Å². The van der Waals surface area contributed by atoms with Crippen molar-refractivity contribution in [2.24, 2.45) is 0 Å². The van der Waals surface area contributed by atoms with Crippen molar-refractivity contribution in [1.29, 1.82) is 0 Å². The van der Waals surface area contributed by atoms with Gasteiger partial charge in [0.25, 0.3) is 0 Å². The van der Waals surface area contributed by atoms with Crippen LogP contribution in [0.4, 0.5) is 0 Å². The molecule has 410 valence electrons. The highest BCUT2D eigenvalue weighted by atomic mass is 15.0. The molecule has 88 heavy (non-hydrogen) atoms. The first-order valence-corrected chi connectivity index (χ1v) is 30.2. The zero-order valence-corrected chi connectivity index (χ0v) is 47.8. The molecule has 0 fully saturated rings. The summed E-state index contributed by atoms with van der Waals surface area (Å²) in [7, 11) is 0. The number of para-hydroxylation sites is 5. The molecule has 17 aromatic rings. The van der Waals surface area contributed by atoms with Crippen LogP contribution < -0.4 is 0 Å². The van der Waals surface area contributed by atoms with Crippen LogP contribution in [0.15, 0.2) is 315 Å². The van der Waals surface area contributed by atoms with E-state index in [1.807, 2.05) is 6.07 Å². The topological polar surface area (TPSA) is 40.6 Å². The highest BCUT2D eigenvalue weighted by Gasteiger charge is 2.31. The van der Waals surface area contributed by atoms with Crippen molar-refractivity contribution in [2.45, 2.75) is 5.92 Å². The fraction of sp³-hybridized carbons (Fsp3) is 0.0120. The van der Waals surface area contributed by atoms with Crippen molar-refractivity contribution in [2.75, 3.05) is 0 Å². The number of rotatable bonds is 9. The van der Waals surface area contributed by atoms with Gasteiger partial charge in [-0.15, -0.1) is 0 Å². The molecule has 5 heteroatoms. The lowest BCUT2D eigenvalue weighted by Gasteiger charge is -2.23. The minimum atomic E-state index is 0.0394. The Balaban J connectivity index is 0.961. The van der Waals surface area contributed by atoms with Crippen molar-refractivity contribution in [3.63, 3.8) is 0 Å². The number of hydrogen-bond donors (Lipinski definition) is 0. The Hall–Kier alpha value is -11.7. The summed E-state index contributed by atoms with van der Waals surface area (Å²) in [6.07, 6.45) is 0. The van der Waals surface area contributed by atoms with Gasteiger partial charge in [-0.3, -0.25) is 0 Å². The summed E-state index contributed by atoms with van der Waals surface area (Å²) in [6, 6.07) is 116. The molecule has 0 bridgehead atoms.